The third-order valence-corrected chi connectivity index (χ3v) is 4.26. The molecule has 0 saturated carbocycles. The van der Waals surface area contributed by atoms with E-state index in [4.69, 9.17) is 32.4 Å². The van der Waals surface area contributed by atoms with Gasteiger partial charge in [-0.25, -0.2) is 4.79 Å². The molecule has 1 aliphatic heterocycles. The molecule has 0 N–H and O–H groups in total. The molecular weight excluding hydrogens is 347 g/mol. The van der Waals surface area contributed by atoms with Crippen LogP contribution >= 0.6 is 23.2 Å². The second-order valence-electron chi connectivity index (χ2n) is 5.27. The molecule has 0 aliphatic carbocycles. The summed E-state index contributed by atoms with van der Waals surface area (Å²) in [6.07, 6.45) is 1.69. The molecule has 0 spiro atoms. The molecule has 2 heterocycles. The van der Waals surface area contributed by atoms with Gasteiger partial charge in [-0.15, -0.1) is 0 Å². The molecule has 0 unspecified atom stereocenters. The highest BCUT2D eigenvalue weighted by molar-refractivity contribution is 6.36. The van der Waals surface area contributed by atoms with Crippen molar-refractivity contribution < 1.29 is 13.9 Å². The maximum absolute atomic E-state index is 11.8. The van der Waals surface area contributed by atoms with E-state index in [1.54, 1.807) is 42.5 Å². The first-order valence-corrected chi connectivity index (χ1v) is 7.96. The van der Waals surface area contributed by atoms with Gasteiger partial charge in [-0.3, -0.25) is 0 Å². The van der Waals surface area contributed by atoms with Gasteiger partial charge in [-0.1, -0.05) is 41.4 Å². The van der Waals surface area contributed by atoms with Crippen molar-refractivity contribution in [3.63, 3.8) is 0 Å². The van der Waals surface area contributed by atoms with E-state index in [0.29, 0.717) is 32.9 Å². The molecule has 1 aromatic heterocycles. The lowest BCUT2D eigenvalue weighted by Crippen LogP contribution is -1.92. The number of ether oxygens (including phenoxy) is 1. The van der Waals surface area contributed by atoms with E-state index in [-0.39, 0.29) is 5.97 Å². The minimum Gasteiger partial charge on any atom is -0.457 e. The Balaban J connectivity index is 1.71. The Morgan fingerprint density at radius 3 is 2.46 bits per heavy atom. The van der Waals surface area contributed by atoms with Gasteiger partial charge in [0, 0.05) is 22.2 Å². The number of fused-ring (bicyclic) bond motifs is 1. The summed E-state index contributed by atoms with van der Waals surface area (Å²) in [5.74, 6) is 1.29. The molecular formula is C19H10Cl2O3. The van der Waals surface area contributed by atoms with Crippen LogP contribution in [0.1, 0.15) is 21.7 Å². The average Bonchev–Trinajstić information content (AvgIpc) is 3.14. The van der Waals surface area contributed by atoms with Crippen LogP contribution in [0.15, 0.2) is 59.0 Å². The largest absolute Gasteiger partial charge is 0.457 e. The standard InChI is InChI=1S/C19H10Cl2O3/c20-11-5-7-15(16(21)9-11)17-8-6-12(23-17)10-18-13-3-1-2-4-14(13)19(22)24-18/h1-10H. The summed E-state index contributed by atoms with van der Waals surface area (Å²) in [6.45, 7) is 0. The molecule has 0 radical (unpaired) electrons. The Kier molecular flexibility index (Phi) is 3.68. The quantitative estimate of drug-likeness (QED) is 0.534. The Labute approximate surface area is 148 Å². The zero-order chi connectivity index (χ0) is 16.7. The monoisotopic (exact) mass is 356 g/mol. The number of carbonyl (C=O) groups is 1. The van der Waals surface area contributed by atoms with Gasteiger partial charge in [0.05, 0.1) is 10.6 Å². The third kappa shape index (κ3) is 2.62. The summed E-state index contributed by atoms with van der Waals surface area (Å²) >= 11 is 12.1. The SMILES string of the molecule is O=C1OC(=Cc2ccc(-c3ccc(Cl)cc3Cl)o2)c2ccccc21. The molecule has 3 nitrogen and oxygen atoms in total. The highest BCUT2D eigenvalue weighted by Crippen LogP contribution is 2.34. The molecule has 3 aromatic rings. The summed E-state index contributed by atoms with van der Waals surface area (Å²) in [5.41, 5.74) is 2.05. The maximum Gasteiger partial charge on any atom is 0.344 e. The fourth-order valence-electron chi connectivity index (χ4n) is 2.59. The van der Waals surface area contributed by atoms with Gasteiger partial charge in [0.15, 0.2) is 0 Å². The number of carbonyl (C=O) groups excluding carboxylic acids is 1. The summed E-state index contributed by atoms with van der Waals surface area (Å²) in [6, 6.07) is 16.0. The van der Waals surface area contributed by atoms with E-state index in [0.717, 1.165) is 11.1 Å². The number of furan rings is 1. The second-order valence-corrected chi connectivity index (χ2v) is 6.11. The van der Waals surface area contributed by atoms with Crippen molar-refractivity contribution in [2.45, 2.75) is 0 Å². The molecule has 0 fully saturated rings. The summed E-state index contributed by atoms with van der Waals surface area (Å²) in [7, 11) is 0. The molecule has 0 amide bonds. The molecule has 4 rings (SSSR count). The van der Waals surface area contributed by atoms with E-state index >= 15 is 0 Å². The molecule has 24 heavy (non-hydrogen) atoms. The zero-order valence-corrected chi connectivity index (χ0v) is 13.8. The van der Waals surface area contributed by atoms with Crippen LogP contribution in [0.2, 0.25) is 10.0 Å². The molecule has 118 valence electrons. The molecule has 0 saturated heterocycles. The summed E-state index contributed by atoms with van der Waals surface area (Å²) in [5, 5.41) is 1.07. The van der Waals surface area contributed by atoms with E-state index in [9.17, 15) is 4.79 Å². The van der Waals surface area contributed by atoms with Crippen molar-refractivity contribution >= 4 is 41.0 Å². The Bertz CT molecular complexity index is 986. The maximum atomic E-state index is 11.8. The van der Waals surface area contributed by atoms with Crippen LogP contribution in [0, 0.1) is 0 Å². The number of halogens is 2. The van der Waals surface area contributed by atoms with Crippen molar-refractivity contribution in [3.8, 4) is 11.3 Å². The van der Waals surface area contributed by atoms with Crippen molar-refractivity contribution in [1.82, 2.24) is 0 Å². The average molecular weight is 357 g/mol. The third-order valence-electron chi connectivity index (χ3n) is 3.71. The molecule has 5 heteroatoms. The van der Waals surface area contributed by atoms with Gasteiger partial charge in [0.25, 0.3) is 0 Å². The van der Waals surface area contributed by atoms with Crippen molar-refractivity contribution in [2.75, 3.05) is 0 Å². The van der Waals surface area contributed by atoms with Gasteiger partial charge in [-0.2, -0.15) is 0 Å². The normalized spacial score (nSPS) is 14.8. The molecule has 1 aliphatic rings. The fourth-order valence-corrected chi connectivity index (χ4v) is 3.09. The van der Waals surface area contributed by atoms with Crippen LogP contribution in [0.5, 0.6) is 0 Å². The minimum atomic E-state index is -0.357. The van der Waals surface area contributed by atoms with Crippen LogP contribution in [0.25, 0.3) is 23.2 Å². The van der Waals surface area contributed by atoms with Crippen LogP contribution < -0.4 is 0 Å². The van der Waals surface area contributed by atoms with Crippen molar-refractivity contribution in [3.05, 3.63) is 81.5 Å². The first-order valence-electron chi connectivity index (χ1n) is 7.20. The lowest BCUT2D eigenvalue weighted by atomic mass is 10.1. The second kappa shape index (κ2) is 5.86. The van der Waals surface area contributed by atoms with Gasteiger partial charge < -0.3 is 9.15 Å². The lowest BCUT2D eigenvalue weighted by molar-refractivity contribution is 0.0717. The first kappa shape index (κ1) is 15.1. The van der Waals surface area contributed by atoms with Crippen LogP contribution in [0.3, 0.4) is 0 Å². The topological polar surface area (TPSA) is 39.4 Å². The van der Waals surface area contributed by atoms with Gasteiger partial charge in [0.2, 0.25) is 0 Å². The van der Waals surface area contributed by atoms with Crippen LogP contribution in [-0.2, 0) is 4.74 Å². The molecule has 0 bridgehead atoms. The minimum absolute atomic E-state index is 0.357. The smallest absolute Gasteiger partial charge is 0.344 e. The highest BCUT2D eigenvalue weighted by atomic mass is 35.5. The van der Waals surface area contributed by atoms with Crippen LogP contribution in [-0.4, -0.2) is 5.97 Å². The van der Waals surface area contributed by atoms with E-state index < -0.39 is 0 Å². The van der Waals surface area contributed by atoms with Crippen molar-refractivity contribution in [2.24, 2.45) is 0 Å². The van der Waals surface area contributed by atoms with Gasteiger partial charge >= 0.3 is 5.97 Å². The number of esters is 1. The Morgan fingerprint density at radius 1 is 0.875 bits per heavy atom. The molecule has 0 atom stereocenters. The summed E-state index contributed by atoms with van der Waals surface area (Å²) in [4.78, 5) is 11.8. The Hall–Kier alpha value is -2.49. The molecule has 2 aromatic carbocycles. The van der Waals surface area contributed by atoms with E-state index in [1.807, 2.05) is 18.2 Å². The lowest BCUT2D eigenvalue weighted by Gasteiger charge is -2.01. The number of hydrogen-bond acceptors (Lipinski definition) is 3. The number of rotatable bonds is 2. The van der Waals surface area contributed by atoms with E-state index in [1.165, 1.54) is 0 Å². The van der Waals surface area contributed by atoms with Crippen LogP contribution in [0.4, 0.5) is 0 Å². The predicted octanol–water partition coefficient (Wildman–Crippen LogP) is 5.92. The predicted molar refractivity (Wildman–Crippen MR) is 93.9 cm³/mol. The van der Waals surface area contributed by atoms with E-state index in [2.05, 4.69) is 0 Å². The fraction of sp³-hybridized carbons (Fsp3) is 0. The zero-order valence-electron chi connectivity index (χ0n) is 12.3. The number of benzene rings is 2. The number of cyclic esters (lactones) is 1. The number of hydrogen-bond donors (Lipinski definition) is 0. The first-order chi connectivity index (χ1) is 11.6. The highest BCUT2D eigenvalue weighted by Gasteiger charge is 2.26. The van der Waals surface area contributed by atoms with Gasteiger partial charge in [0.1, 0.15) is 17.3 Å². The van der Waals surface area contributed by atoms with Gasteiger partial charge in [-0.05, 0) is 36.4 Å². The Morgan fingerprint density at radius 2 is 1.67 bits per heavy atom. The summed E-state index contributed by atoms with van der Waals surface area (Å²) < 4.78 is 11.1. The van der Waals surface area contributed by atoms with Crippen molar-refractivity contribution in [1.29, 1.82) is 0 Å².